The van der Waals surface area contributed by atoms with Crippen molar-refractivity contribution in [3.63, 3.8) is 0 Å². The van der Waals surface area contributed by atoms with Gasteiger partial charge in [0.05, 0.1) is 23.0 Å². The highest BCUT2D eigenvalue weighted by molar-refractivity contribution is 5.84. The van der Waals surface area contributed by atoms with Gasteiger partial charge in [0.25, 0.3) is 5.56 Å². The monoisotopic (exact) mass is 564 g/mol. The van der Waals surface area contributed by atoms with Crippen LogP contribution in [0.2, 0.25) is 0 Å². The standard InChI is InChI=1S/C22H28FN3O2.C5H4F3N3O/c1-5-6-7-9-26(4)10-8-16-11-19(20(23)12-17(16)15-27)21-24-13-18(14-25-21)22(2,3)28;6-5(7,8)3-2(9)1-10-11-4(3)12/h8,10-15,28H,5-7,9H2,1-4H3;1H,(H3,9,11,12)/b10-8-;. The van der Waals surface area contributed by atoms with Gasteiger partial charge in [0.15, 0.2) is 12.1 Å². The highest BCUT2D eigenvalue weighted by atomic mass is 19.4. The predicted molar refractivity (Wildman–Crippen MR) is 144 cm³/mol. The first-order valence-electron chi connectivity index (χ1n) is 12.3. The topological polar surface area (TPSA) is 138 Å². The molecular weight excluding hydrogens is 532 g/mol. The smallest absolute Gasteiger partial charge is 0.397 e. The molecule has 0 atom stereocenters. The van der Waals surface area contributed by atoms with Crippen molar-refractivity contribution in [2.75, 3.05) is 19.3 Å². The van der Waals surface area contributed by atoms with Crippen LogP contribution in [0, 0.1) is 5.82 Å². The van der Waals surface area contributed by atoms with Crippen molar-refractivity contribution in [1.82, 2.24) is 25.1 Å². The number of nitrogens with zero attached hydrogens (tertiary/aromatic N) is 4. The van der Waals surface area contributed by atoms with Gasteiger partial charge in [-0.3, -0.25) is 9.59 Å². The maximum atomic E-state index is 14.5. The van der Waals surface area contributed by atoms with Crippen LogP contribution in [0.1, 0.15) is 67.1 Å². The molecule has 216 valence electrons. The lowest BCUT2D eigenvalue weighted by Gasteiger charge is -2.17. The molecule has 0 aliphatic heterocycles. The summed E-state index contributed by atoms with van der Waals surface area (Å²) in [5, 5.41) is 14.7. The van der Waals surface area contributed by atoms with Crippen molar-refractivity contribution in [2.45, 2.75) is 51.8 Å². The van der Waals surface area contributed by atoms with E-state index >= 15 is 0 Å². The van der Waals surface area contributed by atoms with Crippen molar-refractivity contribution in [3.05, 3.63) is 75.3 Å². The number of aliphatic hydroxyl groups is 1. The van der Waals surface area contributed by atoms with E-state index in [-0.39, 0.29) is 17.0 Å². The number of alkyl halides is 3. The van der Waals surface area contributed by atoms with Gasteiger partial charge in [-0.15, -0.1) is 0 Å². The molecule has 0 unspecified atom stereocenters. The molecular formula is C27H32F4N6O3. The number of unbranched alkanes of at least 4 members (excludes halogenated alkanes) is 2. The zero-order valence-corrected chi connectivity index (χ0v) is 22.6. The number of aromatic nitrogens is 4. The molecule has 0 aliphatic rings. The Bertz CT molecular complexity index is 1370. The first-order valence-corrected chi connectivity index (χ1v) is 12.3. The number of aldehydes is 1. The van der Waals surface area contributed by atoms with Gasteiger partial charge in [0, 0.05) is 37.1 Å². The highest BCUT2D eigenvalue weighted by Crippen LogP contribution is 2.29. The van der Waals surface area contributed by atoms with Gasteiger partial charge in [0.2, 0.25) is 0 Å². The minimum Gasteiger partial charge on any atom is -0.397 e. The van der Waals surface area contributed by atoms with E-state index in [0.717, 1.165) is 32.0 Å². The summed E-state index contributed by atoms with van der Waals surface area (Å²) < 4.78 is 50.5. The molecule has 0 fully saturated rings. The summed E-state index contributed by atoms with van der Waals surface area (Å²) in [5.41, 5.74) is 2.04. The molecule has 2 aromatic heterocycles. The molecule has 0 amide bonds. The summed E-state index contributed by atoms with van der Waals surface area (Å²) in [6, 6.07) is 2.78. The number of carbonyl (C=O) groups is 1. The Kier molecular flexibility index (Phi) is 11.1. The largest absolute Gasteiger partial charge is 0.423 e. The number of benzene rings is 1. The Morgan fingerprint density at radius 1 is 1.10 bits per heavy atom. The highest BCUT2D eigenvalue weighted by Gasteiger charge is 2.36. The van der Waals surface area contributed by atoms with E-state index in [1.54, 1.807) is 31.1 Å². The maximum absolute atomic E-state index is 14.5. The number of carbonyl (C=O) groups excluding carboxylic acids is 1. The van der Waals surface area contributed by atoms with Crippen LogP contribution in [0.15, 0.2) is 41.7 Å². The number of rotatable bonds is 9. The molecule has 13 heteroatoms. The molecule has 0 saturated carbocycles. The van der Waals surface area contributed by atoms with Gasteiger partial charge in [0.1, 0.15) is 11.4 Å². The van der Waals surface area contributed by atoms with Gasteiger partial charge in [-0.25, -0.2) is 19.5 Å². The minimum atomic E-state index is -4.74. The van der Waals surface area contributed by atoms with Crippen molar-refractivity contribution in [1.29, 1.82) is 0 Å². The van der Waals surface area contributed by atoms with E-state index in [1.165, 1.54) is 18.5 Å². The van der Waals surface area contributed by atoms with Crippen molar-refractivity contribution < 1.29 is 27.5 Å². The average Bonchev–Trinajstić information content (AvgIpc) is 2.87. The van der Waals surface area contributed by atoms with Crippen LogP contribution in [0.5, 0.6) is 0 Å². The number of hydrogen-bond donors (Lipinski definition) is 3. The molecule has 0 spiro atoms. The number of H-pyrrole nitrogens is 1. The number of aromatic amines is 1. The van der Waals surface area contributed by atoms with E-state index in [4.69, 9.17) is 5.73 Å². The molecule has 0 bridgehead atoms. The lowest BCUT2D eigenvalue weighted by molar-refractivity contribution is -0.138. The van der Waals surface area contributed by atoms with Crippen LogP contribution >= 0.6 is 0 Å². The number of hydrogen-bond acceptors (Lipinski definition) is 8. The van der Waals surface area contributed by atoms with E-state index in [0.29, 0.717) is 17.4 Å². The van der Waals surface area contributed by atoms with E-state index in [9.17, 15) is 32.3 Å². The van der Waals surface area contributed by atoms with Crippen molar-refractivity contribution >= 4 is 18.0 Å². The molecule has 0 aliphatic carbocycles. The first kappa shape index (κ1) is 32.1. The Labute approximate surface area is 228 Å². The number of nitrogen functional groups attached to an aromatic ring is 1. The van der Waals surface area contributed by atoms with Crippen LogP contribution in [0.3, 0.4) is 0 Å². The summed E-state index contributed by atoms with van der Waals surface area (Å²) >= 11 is 0. The average molecular weight is 565 g/mol. The Hall–Kier alpha value is -4.13. The van der Waals surface area contributed by atoms with Gasteiger partial charge >= 0.3 is 6.18 Å². The van der Waals surface area contributed by atoms with Crippen LogP contribution in [-0.4, -0.2) is 50.1 Å². The number of halogens is 4. The molecule has 0 saturated heterocycles. The minimum absolute atomic E-state index is 0.203. The fraction of sp³-hybridized carbons (Fsp3) is 0.370. The van der Waals surface area contributed by atoms with Crippen LogP contribution in [0.4, 0.5) is 23.2 Å². The van der Waals surface area contributed by atoms with Crippen LogP contribution in [0.25, 0.3) is 17.5 Å². The number of nitrogens with two attached hydrogens (primary N) is 1. The zero-order valence-electron chi connectivity index (χ0n) is 22.6. The zero-order chi connectivity index (χ0) is 30.1. The second kappa shape index (κ2) is 13.8. The molecule has 0 radical (unpaired) electrons. The summed E-state index contributed by atoms with van der Waals surface area (Å²) in [5.74, 6) is -0.361. The lowest BCUT2D eigenvalue weighted by atomic mass is 10.0. The summed E-state index contributed by atoms with van der Waals surface area (Å²) in [6.45, 7) is 6.33. The fourth-order valence-corrected chi connectivity index (χ4v) is 3.40. The fourth-order valence-electron chi connectivity index (χ4n) is 3.40. The lowest BCUT2D eigenvalue weighted by Crippen LogP contribution is -2.24. The summed E-state index contributed by atoms with van der Waals surface area (Å²) in [7, 11) is 1.97. The van der Waals surface area contributed by atoms with Crippen LogP contribution < -0.4 is 11.3 Å². The molecule has 3 aromatic rings. The normalized spacial score (nSPS) is 11.7. The SMILES string of the molecule is CCCCCN(C)/C=C\c1cc(-c2ncc(C(C)(C)O)cn2)c(F)cc1C=O.Nc1cn[nH]c(=O)c1C(F)(F)F. The third kappa shape index (κ3) is 8.97. The van der Waals surface area contributed by atoms with Gasteiger partial charge in [-0.1, -0.05) is 19.8 Å². The Morgan fingerprint density at radius 2 is 1.75 bits per heavy atom. The molecule has 4 N–H and O–H groups in total. The maximum Gasteiger partial charge on any atom is 0.423 e. The first-order chi connectivity index (χ1) is 18.7. The van der Waals surface area contributed by atoms with Crippen LogP contribution in [-0.2, 0) is 11.8 Å². The van der Waals surface area contributed by atoms with E-state index in [1.807, 2.05) is 18.1 Å². The molecule has 9 nitrogen and oxygen atoms in total. The Morgan fingerprint density at radius 3 is 2.25 bits per heavy atom. The third-order valence-electron chi connectivity index (χ3n) is 5.69. The summed E-state index contributed by atoms with van der Waals surface area (Å²) in [6.07, 6.45) is 6.69. The second-order valence-corrected chi connectivity index (χ2v) is 9.46. The van der Waals surface area contributed by atoms with Gasteiger partial charge in [-0.2, -0.15) is 18.3 Å². The second-order valence-electron chi connectivity index (χ2n) is 9.46. The molecule has 40 heavy (non-hydrogen) atoms. The Balaban J connectivity index is 0.000000389. The van der Waals surface area contributed by atoms with Gasteiger partial charge in [-0.05, 0) is 50.2 Å². The predicted octanol–water partition coefficient (Wildman–Crippen LogP) is 4.79. The van der Waals surface area contributed by atoms with E-state index in [2.05, 4.69) is 22.0 Å². The molecule has 2 heterocycles. The molecule has 3 rings (SSSR count). The molecule has 1 aromatic carbocycles. The number of anilines is 1. The number of nitrogens with one attached hydrogen (secondary N) is 1. The summed E-state index contributed by atoms with van der Waals surface area (Å²) in [4.78, 5) is 32.3. The van der Waals surface area contributed by atoms with Crippen molar-refractivity contribution in [3.8, 4) is 11.4 Å². The van der Waals surface area contributed by atoms with Crippen molar-refractivity contribution in [2.24, 2.45) is 0 Å². The third-order valence-corrected chi connectivity index (χ3v) is 5.69. The quantitative estimate of drug-likeness (QED) is 0.192. The van der Waals surface area contributed by atoms with Gasteiger partial charge < -0.3 is 15.7 Å². The van der Waals surface area contributed by atoms with E-state index < -0.39 is 34.4 Å².